The molecule has 25 heavy (non-hydrogen) atoms. The van der Waals surface area contributed by atoms with E-state index in [1.807, 2.05) is 18.2 Å². The van der Waals surface area contributed by atoms with Gasteiger partial charge >= 0.3 is 12.1 Å². The average molecular weight is 342 g/mol. The van der Waals surface area contributed by atoms with Crippen molar-refractivity contribution in [3.8, 4) is 0 Å². The Morgan fingerprint density at radius 1 is 1.16 bits per heavy atom. The monoisotopic (exact) mass is 342 g/mol. The first-order chi connectivity index (χ1) is 12.1. The van der Waals surface area contributed by atoms with E-state index in [-0.39, 0.29) is 18.0 Å². The largest absolute Gasteiger partial charge is 0.335 e. The normalized spacial score (nSPS) is 26.2. The number of hydrogen-bond acceptors (Lipinski definition) is 3. The zero-order valence-electron chi connectivity index (χ0n) is 14.0. The first kappa shape index (κ1) is 15.9. The number of fused-ring (bicyclic) bond motifs is 2. The predicted molar refractivity (Wildman–Crippen MR) is 92.2 cm³/mol. The molecule has 3 N–H and O–H groups in total. The Balaban J connectivity index is 1.62. The summed E-state index contributed by atoms with van der Waals surface area (Å²) >= 11 is 0. The van der Waals surface area contributed by atoms with Gasteiger partial charge in [-0.05, 0) is 18.9 Å². The minimum Gasteiger partial charge on any atom is -0.335 e. The third-order valence-electron chi connectivity index (χ3n) is 5.48. The Labute approximate surface area is 146 Å². The third kappa shape index (κ3) is 2.63. The quantitative estimate of drug-likeness (QED) is 0.682. The Morgan fingerprint density at radius 3 is 2.64 bits per heavy atom. The Bertz CT molecular complexity index is 729. The lowest BCUT2D eigenvalue weighted by molar-refractivity contribution is -0.124. The number of carbonyl (C=O) groups excluding carboxylic acids is 3. The van der Waals surface area contributed by atoms with E-state index in [1.54, 1.807) is 11.0 Å². The van der Waals surface area contributed by atoms with Crippen LogP contribution in [0.1, 0.15) is 44.1 Å². The highest BCUT2D eigenvalue weighted by Crippen LogP contribution is 2.40. The molecule has 2 heterocycles. The number of urea groups is 2. The first-order valence-corrected chi connectivity index (χ1v) is 8.91. The van der Waals surface area contributed by atoms with Crippen LogP contribution in [0, 0.1) is 0 Å². The number of anilines is 1. The summed E-state index contributed by atoms with van der Waals surface area (Å²) in [6.07, 6.45) is 5.93. The van der Waals surface area contributed by atoms with Crippen molar-refractivity contribution in [3.63, 3.8) is 0 Å². The number of hydrogen-bond donors (Lipinski definition) is 3. The van der Waals surface area contributed by atoms with Gasteiger partial charge in [-0.15, -0.1) is 0 Å². The fourth-order valence-electron chi connectivity index (χ4n) is 4.17. The Kier molecular flexibility index (Phi) is 3.86. The van der Waals surface area contributed by atoms with Crippen LogP contribution in [0.5, 0.6) is 0 Å². The molecule has 132 valence electrons. The number of nitrogens with zero attached hydrogens (tertiary/aromatic N) is 1. The molecular formula is C18H22N4O3. The van der Waals surface area contributed by atoms with Gasteiger partial charge in [0.05, 0.1) is 5.69 Å². The molecule has 0 aromatic heterocycles. The fourth-order valence-corrected chi connectivity index (χ4v) is 4.17. The van der Waals surface area contributed by atoms with E-state index >= 15 is 0 Å². The summed E-state index contributed by atoms with van der Waals surface area (Å²) in [7, 11) is 0. The second-order valence-electron chi connectivity index (χ2n) is 7.02. The molecule has 1 atom stereocenters. The van der Waals surface area contributed by atoms with E-state index in [2.05, 4.69) is 16.0 Å². The molecule has 2 fully saturated rings. The van der Waals surface area contributed by atoms with Gasteiger partial charge in [0.15, 0.2) is 0 Å². The maximum absolute atomic E-state index is 12.8. The zero-order valence-corrected chi connectivity index (χ0v) is 14.0. The summed E-state index contributed by atoms with van der Waals surface area (Å²) in [5, 5.41) is 8.21. The third-order valence-corrected chi connectivity index (χ3v) is 5.48. The van der Waals surface area contributed by atoms with Gasteiger partial charge < -0.3 is 10.6 Å². The minimum absolute atomic E-state index is 0.126. The van der Waals surface area contributed by atoms with E-state index in [1.165, 1.54) is 6.42 Å². The van der Waals surface area contributed by atoms with Crippen LogP contribution in [0.3, 0.4) is 0 Å². The summed E-state index contributed by atoms with van der Waals surface area (Å²) in [5.41, 5.74) is 0.276. The molecule has 7 nitrogen and oxygen atoms in total. The minimum atomic E-state index is -1.07. The second-order valence-corrected chi connectivity index (χ2v) is 7.02. The predicted octanol–water partition coefficient (Wildman–Crippen LogP) is 1.97. The lowest BCUT2D eigenvalue weighted by Gasteiger charge is -2.39. The van der Waals surface area contributed by atoms with Crippen molar-refractivity contribution in [2.24, 2.45) is 0 Å². The highest BCUT2D eigenvalue weighted by atomic mass is 16.2. The number of amides is 5. The number of para-hydroxylation sites is 1. The Morgan fingerprint density at radius 2 is 1.92 bits per heavy atom. The van der Waals surface area contributed by atoms with Crippen molar-refractivity contribution in [1.29, 1.82) is 0 Å². The summed E-state index contributed by atoms with van der Waals surface area (Å²) in [4.78, 5) is 38.6. The molecule has 0 radical (unpaired) electrons. The van der Waals surface area contributed by atoms with Crippen LogP contribution in [0.15, 0.2) is 24.3 Å². The molecule has 1 aromatic carbocycles. The zero-order chi connectivity index (χ0) is 17.4. The summed E-state index contributed by atoms with van der Waals surface area (Å²) in [6, 6.07) is 6.90. The number of imide groups is 1. The van der Waals surface area contributed by atoms with Crippen LogP contribution in [-0.4, -0.2) is 30.6 Å². The summed E-state index contributed by atoms with van der Waals surface area (Å²) < 4.78 is 0. The van der Waals surface area contributed by atoms with Crippen molar-refractivity contribution in [3.05, 3.63) is 29.8 Å². The van der Waals surface area contributed by atoms with E-state index in [9.17, 15) is 14.4 Å². The molecular weight excluding hydrogens is 320 g/mol. The van der Waals surface area contributed by atoms with Gasteiger partial charge in [-0.25, -0.2) is 9.59 Å². The van der Waals surface area contributed by atoms with Gasteiger partial charge in [-0.1, -0.05) is 37.5 Å². The van der Waals surface area contributed by atoms with Gasteiger partial charge in [-0.3, -0.25) is 15.0 Å². The van der Waals surface area contributed by atoms with Gasteiger partial charge in [0.1, 0.15) is 5.54 Å². The number of rotatable bonds is 1. The van der Waals surface area contributed by atoms with E-state index in [4.69, 9.17) is 0 Å². The van der Waals surface area contributed by atoms with Gasteiger partial charge in [-0.2, -0.15) is 0 Å². The lowest BCUT2D eigenvalue weighted by atomic mass is 9.82. The molecule has 0 bridgehead atoms. The van der Waals surface area contributed by atoms with Crippen LogP contribution in [0.2, 0.25) is 0 Å². The molecule has 1 saturated heterocycles. The summed E-state index contributed by atoms with van der Waals surface area (Å²) in [5.74, 6) is -0.350. The van der Waals surface area contributed by atoms with E-state index in [0.29, 0.717) is 24.2 Å². The fraction of sp³-hybridized carbons (Fsp3) is 0.500. The van der Waals surface area contributed by atoms with Crippen molar-refractivity contribution < 1.29 is 14.4 Å². The Hall–Kier alpha value is -2.57. The molecule has 1 aromatic rings. The van der Waals surface area contributed by atoms with Gasteiger partial charge in [0, 0.05) is 24.6 Å². The lowest BCUT2D eigenvalue weighted by Crippen LogP contribution is -2.54. The van der Waals surface area contributed by atoms with Crippen molar-refractivity contribution in [2.45, 2.75) is 50.1 Å². The SMILES string of the molecule is O=C1NC(=O)C2(CCN(C(=O)NC3CCCCC3)c3ccccc32)N1. The molecule has 1 aliphatic carbocycles. The van der Waals surface area contributed by atoms with E-state index < -0.39 is 11.6 Å². The van der Waals surface area contributed by atoms with Crippen LogP contribution < -0.4 is 20.9 Å². The van der Waals surface area contributed by atoms with Crippen LogP contribution in [0.25, 0.3) is 0 Å². The number of nitrogens with one attached hydrogen (secondary N) is 3. The van der Waals surface area contributed by atoms with Crippen molar-refractivity contribution in [2.75, 3.05) is 11.4 Å². The molecule has 3 aliphatic rings. The molecule has 7 heteroatoms. The highest BCUT2D eigenvalue weighted by molar-refractivity contribution is 6.09. The molecule has 5 amide bonds. The van der Waals surface area contributed by atoms with Crippen LogP contribution in [0.4, 0.5) is 15.3 Å². The van der Waals surface area contributed by atoms with Gasteiger partial charge in [0.2, 0.25) is 0 Å². The molecule has 4 rings (SSSR count). The van der Waals surface area contributed by atoms with Crippen LogP contribution >= 0.6 is 0 Å². The highest BCUT2D eigenvalue weighted by Gasteiger charge is 2.51. The smallest absolute Gasteiger partial charge is 0.322 e. The summed E-state index contributed by atoms with van der Waals surface area (Å²) in [6.45, 7) is 0.378. The molecule has 1 saturated carbocycles. The van der Waals surface area contributed by atoms with Gasteiger partial charge in [0.25, 0.3) is 5.91 Å². The topological polar surface area (TPSA) is 90.5 Å². The average Bonchev–Trinajstić information content (AvgIpc) is 2.90. The first-order valence-electron chi connectivity index (χ1n) is 8.91. The number of benzene rings is 1. The van der Waals surface area contributed by atoms with E-state index in [0.717, 1.165) is 25.7 Å². The maximum Gasteiger partial charge on any atom is 0.322 e. The van der Waals surface area contributed by atoms with Crippen molar-refractivity contribution >= 4 is 23.7 Å². The van der Waals surface area contributed by atoms with Crippen molar-refractivity contribution in [1.82, 2.24) is 16.0 Å². The number of carbonyl (C=O) groups is 3. The standard InChI is InChI=1S/C18H22N4O3/c23-15-18(21-16(24)20-15)10-11-22(14-9-5-4-8-13(14)18)17(25)19-12-6-2-1-3-7-12/h4-5,8-9,12H,1-3,6-7,10-11H2,(H,19,25)(H2,20,21,23,24). The maximum atomic E-state index is 12.8. The molecule has 2 aliphatic heterocycles. The van der Waals surface area contributed by atoms with Crippen LogP contribution in [-0.2, 0) is 10.3 Å². The molecule has 1 unspecified atom stereocenters. The molecule has 1 spiro atoms. The second kappa shape index (κ2) is 6.06.